The topological polar surface area (TPSA) is 66.8 Å². The third kappa shape index (κ3) is 2.44. The van der Waals surface area contributed by atoms with Gasteiger partial charge in [-0.3, -0.25) is 9.79 Å². The Labute approximate surface area is 136 Å². The number of carbonyl (C=O) groups is 1. The monoisotopic (exact) mass is 342 g/mol. The van der Waals surface area contributed by atoms with Gasteiger partial charge in [0.05, 0.1) is 4.90 Å². The first-order chi connectivity index (χ1) is 10.0. The van der Waals surface area contributed by atoms with Gasteiger partial charge in [0.25, 0.3) is 15.9 Å². The van der Waals surface area contributed by atoms with Gasteiger partial charge in [0.2, 0.25) is 0 Å². The Hall–Kier alpha value is -1.40. The standard InChI is InChI=1S/C15H19ClN2O3S/c1-9(2)15(5)14(19)18(11(4)17-15)22(20,21)13-8-12(16)7-6-10(13)3/h6-9H,1-5H3/t15-/m0/s1. The summed E-state index contributed by atoms with van der Waals surface area (Å²) < 4.78 is 26.6. The summed E-state index contributed by atoms with van der Waals surface area (Å²) in [6.07, 6.45) is 0. The molecule has 1 aromatic carbocycles. The number of sulfonamides is 1. The fourth-order valence-electron chi connectivity index (χ4n) is 2.39. The van der Waals surface area contributed by atoms with Crippen LogP contribution in [0.1, 0.15) is 33.3 Å². The number of hydrogen-bond donors (Lipinski definition) is 0. The number of benzene rings is 1. The first-order valence-corrected chi connectivity index (χ1v) is 8.76. The van der Waals surface area contributed by atoms with Gasteiger partial charge in [-0.2, -0.15) is 4.31 Å². The van der Waals surface area contributed by atoms with E-state index in [0.717, 1.165) is 4.31 Å². The molecule has 0 radical (unpaired) electrons. The maximum Gasteiger partial charge on any atom is 0.272 e. The lowest BCUT2D eigenvalue weighted by molar-refractivity contribution is -0.128. The lowest BCUT2D eigenvalue weighted by atomic mass is 9.89. The third-order valence-electron chi connectivity index (χ3n) is 4.10. The van der Waals surface area contributed by atoms with Crippen molar-refractivity contribution < 1.29 is 13.2 Å². The van der Waals surface area contributed by atoms with Crippen molar-refractivity contribution in [3.05, 3.63) is 28.8 Å². The van der Waals surface area contributed by atoms with Crippen LogP contribution in [-0.4, -0.2) is 30.0 Å². The molecule has 7 heteroatoms. The third-order valence-corrected chi connectivity index (χ3v) is 6.24. The predicted molar refractivity (Wildman–Crippen MR) is 86.6 cm³/mol. The molecular formula is C15H19ClN2O3S. The molecule has 0 unspecified atom stereocenters. The molecule has 120 valence electrons. The largest absolute Gasteiger partial charge is 0.272 e. The smallest absolute Gasteiger partial charge is 0.271 e. The summed E-state index contributed by atoms with van der Waals surface area (Å²) in [5, 5.41) is 0.303. The zero-order valence-corrected chi connectivity index (χ0v) is 14.8. The Kier molecular flexibility index (Phi) is 4.13. The van der Waals surface area contributed by atoms with Crippen LogP contribution in [0.15, 0.2) is 28.1 Å². The Morgan fingerprint density at radius 3 is 2.36 bits per heavy atom. The Bertz CT molecular complexity index is 771. The molecule has 0 fully saturated rings. The van der Waals surface area contributed by atoms with Crippen LogP contribution in [0.25, 0.3) is 0 Å². The molecule has 1 aromatic rings. The average molecular weight is 343 g/mol. The second-order valence-electron chi connectivity index (χ2n) is 5.95. The zero-order chi connectivity index (χ0) is 16.9. The van der Waals surface area contributed by atoms with Crippen LogP contribution < -0.4 is 0 Å². The van der Waals surface area contributed by atoms with Crippen LogP contribution in [0, 0.1) is 12.8 Å². The summed E-state index contributed by atoms with van der Waals surface area (Å²) in [6.45, 7) is 8.54. The van der Waals surface area contributed by atoms with Gasteiger partial charge in [-0.15, -0.1) is 0 Å². The molecule has 1 amide bonds. The lowest BCUT2D eigenvalue weighted by Crippen LogP contribution is -2.46. The van der Waals surface area contributed by atoms with E-state index in [4.69, 9.17) is 11.6 Å². The summed E-state index contributed by atoms with van der Waals surface area (Å²) >= 11 is 5.91. The summed E-state index contributed by atoms with van der Waals surface area (Å²) in [5.74, 6) is -0.462. The lowest BCUT2D eigenvalue weighted by Gasteiger charge is -2.25. The van der Waals surface area contributed by atoms with Crippen LogP contribution in [0.3, 0.4) is 0 Å². The number of aliphatic imine (C=N–C) groups is 1. The minimum absolute atomic E-state index is 0.0240. The summed E-state index contributed by atoms with van der Waals surface area (Å²) in [4.78, 5) is 17.0. The van der Waals surface area contributed by atoms with Crippen molar-refractivity contribution in [2.24, 2.45) is 10.9 Å². The molecule has 0 bridgehead atoms. The number of nitrogens with zero attached hydrogens (tertiary/aromatic N) is 2. The number of carbonyl (C=O) groups excluding carboxylic acids is 1. The number of aryl methyl sites for hydroxylation is 1. The van der Waals surface area contributed by atoms with E-state index in [-0.39, 0.29) is 16.6 Å². The van der Waals surface area contributed by atoms with Crippen molar-refractivity contribution >= 4 is 33.4 Å². The van der Waals surface area contributed by atoms with Crippen molar-refractivity contribution in [3.63, 3.8) is 0 Å². The summed E-state index contributed by atoms with van der Waals surface area (Å²) in [7, 11) is -4.03. The number of halogens is 1. The summed E-state index contributed by atoms with van der Waals surface area (Å²) in [5.41, 5.74) is -0.535. The van der Waals surface area contributed by atoms with Crippen molar-refractivity contribution in [1.29, 1.82) is 0 Å². The molecule has 1 heterocycles. The van der Waals surface area contributed by atoms with Gasteiger partial charge in [-0.05, 0) is 44.4 Å². The van der Waals surface area contributed by atoms with E-state index in [0.29, 0.717) is 10.6 Å². The van der Waals surface area contributed by atoms with Crippen molar-refractivity contribution in [2.75, 3.05) is 0 Å². The second kappa shape index (κ2) is 5.35. The first kappa shape index (κ1) is 17.0. The highest BCUT2D eigenvalue weighted by Gasteiger charge is 2.50. The van der Waals surface area contributed by atoms with E-state index in [1.807, 2.05) is 13.8 Å². The van der Waals surface area contributed by atoms with Crippen LogP contribution in [0.5, 0.6) is 0 Å². The number of hydrogen-bond acceptors (Lipinski definition) is 4. The Balaban J connectivity index is 2.59. The van der Waals surface area contributed by atoms with Gasteiger partial charge in [-0.25, -0.2) is 8.42 Å². The van der Waals surface area contributed by atoms with E-state index in [1.54, 1.807) is 26.0 Å². The fraction of sp³-hybridized carbons (Fsp3) is 0.467. The molecule has 2 rings (SSSR count). The van der Waals surface area contributed by atoms with E-state index >= 15 is 0 Å². The van der Waals surface area contributed by atoms with Gasteiger partial charge in [-0.1, -0.05) is 31.5 Å². The average Bonchev–Trinajstić information content (AvgIpc) is 2.64. The Morgan fingerprint density at radius 2 is 1.86 bits per heavy atom. The van der Waals surface area contributed by atoms with Gasteiger partial charge < -0.3 is 0 Å². The number of rotatable bonds is 3. The first-order valence-electron chi connectivity index (χ1n) is 6.94. The van der Waals surface area contributed by atoms with Crippen molar-refractivity contribution in [2.45, 2.75) is 45.1 Å². The normalized spacial score (nSPS) is 22.4. The molecule has 0 saturated heterocycles. The van der Waals surface area contributed by atoms with Crippen LogP contribution in [-0.2, 0) is 14.8 Å². The molecule has 1 aliphatic heterocycles. The molecule has 5 nitrogen and oxygen atoms in total. The Morgan fingerprint density at radius 1 is 1.27 bits per heavy atom. The fourth-order valence-corrected chi connectivity index (χ4v) is 4.37. The van der Waals surface area contributed by atoms with Crippen molar-refractivity contribution in [1.82, 2.24) is 4.31 Å². The van der Waals surface area contributed by atoms with Gasteiger partial charge in [0, 0.05) is 5.02 Å². The minimum atomic E-state index is -4.03. The van der Waals surface area contributed by atoms with Gasteiger partial charge in [0.15, 0.2) is 0 Å². The molecule has 0 spiro atoms. The molecule has 1 aliphatic rings. The molecule has 0 aromatic heterocycles. The number of amidine groups is 1. The molecule has 0 N–H and O–H groups in total. The summed E-state index contributed by atoms with van der Waals surface area (Å²) in [6, 6.07) is 4.59. The second-order valence-corrected chi connectivity index (χ2v) is 8.14. The molecule has 0 saturated carbocycles. The van der Waals surface area contributed by atoms with Crippen molar-refractivity contribution in [3.8, 4) is 0 Å². The zero-order valence-electron chi connectivity index (χ0n) is 13.2. The maximum atomic E-state index is 12.9. The molecule has 0 aliphatic carbocycles. The highest BCUT2D eigenvalue weighted by Crippen LogP contribution is 2.34. The quantitative estimate of drug-likeness (QED) is 0.848. The molecular weight excluding hydrogens is 324 g/mol. The van der Waals surface area contributed by atoms with E-state index in [1.165, 1.54) is 13.0 Å². The highest BCUT2D eigenvalue weighted by atomic mass is 35.5. The van der Waals surface area contributed by atoms with Crippen LogP contribution in [0.2, 0.25) is 5.02 Å². The maximum absolute atomic E-state index is 12.9. The SMILES string of the molecule is CC1=N[C@@](C)(C(C)C)C(=O)N1S(=O)(=O)c1cc(Cl)ccc1C. The van der Waals surface area contributed by atoms with E-state index in [2.05, 4.69) is 4.99 Å². The van der Waals surface area contributed by atoms with Crippen LogP contribution in [0.4, 0.5) is 0 Å². The van der Waals surface area contributed by atoms with Gasteiger partial charge in [0.1, 0.15) is 11.4 Å². The highest BCUT2D eigenvalue weighted by molar-refractivity contribution is 7.90. The number of amides is 1. The molecule has 1 atom stereocenters. The van der Waals surface area contributed by atoms with E-state index in [9.17, 15) is 13.2 Å². The predicted octanol–water partition coefficient (Wildman–Crippen LogP) is 3.01. The van der Waals surface area contributed by atoms with Crippen LogP contribution >= 0.6 is 11.6 Å². The minimum Gasteiger partial charge on any atom is -0.271 e. The molecule has 22 heavy (non-hydrogen) atoms. The van der Waals surface area contributed by atoms with E-state index < -0.39 is 21.5 Å². The van der Waals surface area contributed by atoms with Gasteiger partial charge >= 0.3 is 0 Å².